The van der Waals surface area contributed by atoms with E-state index in [1.54, 1.807) is 49.1 Å². The zero-order valence-corrected chi connectivity index (χ0v) is 13.3. The van der Waals surface area contributed by atoms with E-state index in [1.807, 2.05) is 0 Å². The van der Waals surface area contributed by atoms with Crippen LogP contribution in [0.15, 0.2) is 30.3 Å². The lowest BCUT2D eigenvalue weighted by atomic mass is 10.1. The Morgan fingerprint density at radius 2 is 1.82 bits per heavy atom. The van der Waals surface area contributed by atoms with Gasteiger partial charge in [0.15, 0.2) is 0 Å². The minimum atomic E-state index is -0.411. The van der Waals surface area contributed by atoms with Gasteiger partial charge in [0.1, 0.15) is 5.75 Å². The van der Waals surface area contributed by atoms with Crippen LogP contribution in [0, 0.1) is 0 Å². The summed E-state index contributed by atoms with van der Waals surface area (Å²) in [5.74, 6) is 0.0857. The van der Waals surface area contributed by atoms with E-state index in [9.17, 15) is 9.59 Å². The lowest BCUT2D eigenvalue weighted by Gasteiger charge is -2.07. The number of hydrogen-bond donors (Lipinski definition) is 0. The number of ether oxygens (including phenoxy) is 2. The molecule has 0 radical (unpaired) electrons. The summed E-state index contributed by atoms with van der Waals surface area (Å²) in [5, 5.41) is 0.366. The molecule has 1 aromatic carbocycles. The maximum atomic E-state index is 12.6. The second-order valence-electron chi connectivity index (χ2n) is 4.69. The highest BCUT2D eigenvalue weighted by Gasteiger charge is 2.20. The third-order valence-electron chi connectivity index (χ3n) is 3.43. The van der Waals surface area contributed by atoms with Crippen LogP contribution in [0.1, 0.15) is 21.7 Å². The molecule has 0 saturated heterocycles. The van der Waals surface area contributed by atoms with Gasteiger partial charge in [0.2, 0.25) is 5.78 Å². The van der Waals surface area contributed by atoms with Gasteiger partial charge >= 0.3 is 5.97 Å². The van der Waals surface area contributed by atoms with Crippen molar-refractivity contribution in [2.24, 2.45) is 7.05 Å². The average molecular weight is 322 g/mol. The Kier molecular flexibility index (Phi) is 4.88. The fourth-order valence-corrected chi connectivity index (χ4v) is 2.42. The van der Waals surface area contributed by atoms with Crippen molar-refractivity contribution in [1.29, 1.82) is 0 Å². The molecule has 2 aromatic rings. The Morgan fingerprint density at radius 3 is 2.36 bits per heavy atom. The number of nitrogens with zero attached hydrogens (tertiary/aromatic N) is 1. The molecule has 22 heavy (non-hydrogen) atoms. The zero-order chi connectivity index (χ0) is 16.3. The number of hydrogen-bond acceptors (Lipinski definition) is 4. The number of halogens is 1. The quantitative estimate of drug-likeness (QED) is 0.627. The number of esters is 1. The predicted molar refractivity (Wildman–Crippen MR) is 82.6 cm³/mol. The topological polar surface area (TPSA) is 57.5 Å². The van der Waals surface area contributed by atoms with Gasteiger partial charge in [-0.05, 0) is 30.3 Å². The van der Waals surface area contributed by atoms with E-state index >= 15 is 0 Å². The van der Waals surface area contributed by atoms with E-state index in [2.05, 4.69) is 4.74 Å². The Balaban J connectivity index is 2.33. The second kappa shape index (κ2) is 6.66. The highest BCUT2D eigenvalue weighted by Crippen LogP contribution is 2.24. The lowest BCUT2D eigenvalue weighted by molar-refractivity contribution is -0.139. The Bertz CT molecular complexity index is 704. The van der Waals surface area contributed by atoms with Gasteiger partial charge in [-0.15, -0.1) is 0 Å². The normalized spacial score (nSPS) is 10.4. The summed E-state index contributed by atoms with van der Waals surface area (Å²) in [6.07, 6.45) is 0.0156. The Labute approximate surface area is 133 Å². The Morgan fingerprint density at radius 1 is 1.18 bits per heavy atom. The van der Waals surface area contributed by atoms with Crippen molar-refractivity contribution in [1.82, 2.24) is 4.57 Å². The number of carbonyl (C=O) groups is 2. The number of carbonyl (C=O) groups excluding carboxylic acids is 2. The molecular weight excluding hydrogens is 306 g/mol. The van der Waals surface area contributed by atoms with E-state index < -0.39 is 5.97 Å². The molecule has 0 aliphatic carbocycles. The summed E-state index contributed by atoms with van der Waals surface area (Å²) in [6.45, 7) is 0. The molecule has 0 N–H and O–H groups in total. The minimum Gasteiger partial charge on any atom is -0.497 e. The monoisotopic (exact) mass is 321 g/mol. The van der Waals surface area contributed by atoms with E-state index in [4.69, 9.17) is 16.3 Å². The third kappa shape index (κ3) is 3.14. The van der Waals surface area contributed by atoms with Crippen LogP contribution >= 0.6 is 11.6 Å². The van der Waals surface area contributed by atoms with E-state index in [-0.39, 0.29) is 12.2 Å². The third-order valence-corrected chi connectivity index (χ3v) is 3.76. The molecule has 0 aliphatic heterocycles. The van der Waals surface area contributed by atoms with Crippen LogP contribution in [0.4, 0.5) is 0 Å². The van der Waals surface area contributed by atoms with Gasteiger partial charge in [0.05, 0.1) is 31.4 Å². The fourth-order valence-electron chi connectivity index (χ4n) is 2.13. The highest BCUT2D eigenvalue weighted by atomic mass is 35.5. The molecule has 0 bridgehead atoms. The summed E-state index contributed by atoms with van der Waals surface area (Å²) >= 11 is 6.13. The molecule has 0 spiro atoms. The summed E-state index contributed by atoms with van der Waals surface area (Å²) in [6, 6.07) is 8.36. The molecule has 1 heterocycles. The van der Waals surface area contributed by atoms with E-state index in [0.29, 0.717) is 27.7 Å². The van der Waals surface area contributed by atoms with Crippen molar-refractivity contribution in [2.75, 3.05) is 14.2 Å². The molecule has 2 rings (SSSR count). The first-order valence-electron chi connectivity index (χ1n) is 6.57. The summed E-state index contributed by atoms with van der Waals surface area (Å²) < 4.78 is 11.3. The zero-order valence-electron chi connectivity index (χ0n) is 12.6. The standard InChI is InChI=1S/C16H16ClNO4/c1-18-13(9-15(19)22-3)12(17)8-14(18)16(20)10-4-6-11(21-2)7-5-10/h4-8H,9H2,1-3H3. The molecule has 116 valence electrons. The van der Waals surface area contributed by atoms with E-state index in [0.717, 1.165) is 0 Å². The van der Waals surface area contributed by atoms with Crippen LogP contribution < -0.4 is 4.74 Å². The number of ketones is 1. The van der Waals surface area contributed by atoms with Gasteiger partial charge in [0.25, 0.3) is 0 Å². The van der Waals surface area contributed by atoms with Crippen molar-refractivity contribution < 1.29 is 19.1 Å². The highest BCUT2D eigenvalue weighted by molar-refractivity contribution is 6.32. The maximum absolute atomic E-state index is 12.6. The lowest BCUT2D eigenvalue weighted by Crippen LogP contribution is -2.12. The Hall–Kier alpha value is -2.27. The van der Waals surface area contributed by atoms with Crippen LogP contribution in [-0.2, 0) is 23.0 Å². The molecule has 0 saturated carbocycles. The molecule has 0 fully saturated rings. The maximum Gasteiger partial charge on any atom is 0.311 e. The van der Waals surface area contributed by atoms with Crippen molar-refractivity contribution in [3.63, 3.8) is 0 Å². The number of benzene rings is 1. The second-order valence-corrected chi connectivity index (χ2v) is 5.10. The van der Waals surface area contributed by atoms with Gasteiger partial charge in [-0.25, -0.2) is 0 Å². The first kappa shape index (κ1) is 16.1. The average Bonchev–Trinajstić information content (AvgIpc) is 2.82. The molecule has 0 aliphatic rings. The fraction of sp³-hybridized carbons (Fsp3) is 0.250. The molecule has 0 amide bonds. The van der Waals surface area contributed by atoms with Crippen molar-refractivity contribution in [3.05, 3.63) is 52.3 Å². The van der Waals surface area contributed by atoms with Crippen LogP contribution in [-0.4, -0.2) is 30.5 Å². The van der Waals surface area contributed by atoms with Crippen LogP contribution in [0.5, 0.6) is 5.75 Å². The van der Waals surface area contributed by atoms with Gasteiger partial charge in [-0.1, -0.05) is 11.6 Å². The van der Waals surface area contributed by atoms with Crippen LogP contribution in [0.25, 0.3) is 0 Å². The molecule has 0 unspecified atom stereocenters. The summed E-state index contributed by atoms with van der Waals surface area (Å²) in [7, 11) is 4.57. The number of methoxy groups -OCH3 is 2. The first-order valence-corrected chi connectivity index (χ1v) is 6.95. The van der Waals surface area contributed by atoms with Crippen molar-refractivity contribution in [3.8, 4) is 5.75 Å². The largest absolute Gasteiger partial charge is 0.497 e. The van der Waals surface area contributed by atoms with Crippen LogP contribution in [0.3, 0.4) is 0 Å². The van der Waals surface area contributed by atoms with Crippen molar-refractivity contribution in [2.45, 2.75) is 6.42 Å². The SMILES string of the molecule is COC(=O)Cc1c(Cl)cc(C(=O)c2ccc(OC)cc2)n1C. The minimum absolute atomic E-state index is 0.0156. The van der Waals surface area contributed by atoms with E-state index in [1.165, 1.54) is 7.11 Å². The first-order chi connectivity index (χ1) is 10.5. The van der Waals surface area contributed by atoms with Gasteiger partial charge < -0.3 is 14.0 Å². The molecule has 6 heteroatoms. The van der Waals surface area contributed by atoms with Gasteiger partial charge in [0, 0.05) is 18.3 Å². The van der Waals surface area contributed by atoms with Crippen molar-refractivity contribution >= 4 is 23.4 Å². The predicted octanol–water partition coefficient (Wildman–Crippen LogP) is 2.63. The molecule has 1 aromatic heterocycles. The number of aromatic nitrogens is 1. The van der Waals surface area contributed by atoms with Gasteiger partial charge in [-0.2, -0.15) is 0 Å². The van der Waals surface area contributed by atoms with Crippen LogP contribution in [0.2, 0.25) is 5.02 Å². The molecule has 5 nitrogen and oxygen atoms in total. The summed E-state index contributed by atoms with van der Waals surface area (Å²) in [5.41, 5.74) is 1.47. The molecular formula is C16H16ClNO4. The molecule has 0 atom stereocenters. The summed E-state index contributed by atoms with van der Waals surface area (Å²) in [4.78, 5) is 24.0. The smallest absolute Gasteiger partial charge is 0.311 e. The number of rotatable bonds is 5. The van der Waals surface area contributed by atoms with Gasteiger partial charge in [-0.3, -0.25) is 9.59 Å².